The Hall–Kier alpha value is -2.87. The van der Waals surface area contributed by atoms with Gasteiger partial charge in [-0.2, -0.15) is 4.98 Å². The minimum atomic E-state index is 0. The molecule has 1 aliphatic rings. The molecule has 4 rings (SSSR count). The van der Waals surface area contributed by atoms with E-state index in [1.54, 1.807) is 0 Å². The largest absolute Gasteiger partial charge is 0.492 e. The molecule has 1 saturated heterocycles. The van der Waals surface area contributed by atoms with Crippen molar-refractivity contribution in [3.05, 3.63) is 71.9 Å². The zero-order valence-corrected chi connectivity index (χ0v) is 20.9. The fourth-order valence-corrected chi connectivity index (χ4v) is 3.97. The molecule has 1 N–H and O–H groups in total. The first kappa shape index (κ1) is 25.7. The van der Waals surface area contributed by atoms with Crippen LogP contribution in [0.5, 0.6) is 5.75 Å². The first-order chi connectivity index (χ1) is 16.2. The summed E-state index contributed by atoms with van der Waals surface area (Å²) in [6.45, 7) is 10.7. The average Bonchev–Trinajstić information content (AvgIpc) is 3.34. The van der Waals surface area contributed by atoms with Crippen LogP contribution in [0.3, 0.4) is 0 Å². The van der Waals surface area contributed by atoms with Gasteiger partial charge in [0.25, 0.3) is 0 Å². The highest BCUT2D eigenvalue weighted by Gasteiger charge is 2.30. The molecule has 0 radical (unpaired) electrons. The number of hydrogen-bond donors (Lipinski definition) is 1. The highest BCUT2D eigenvalue weighted by molar-refractivity contribution is 5.85. The van der Waals surface area contributed by atoms with E-state index < -0.39 is 0 Å². The monoisotopic (exact) mass is 483 g/mol. The predicted octanol–water partition coefficient (Wildman–Crippen LogP) is 5.55. The van der Waals surface area contributed by atoms with E-state index in [9.17, 15) is 0 Å². The number of likely N-dealkylation sites (N-methyl/N-ethyl adjacent to an activating group) is 1. The van der Waals surface area contributed by atoms with Gasteiger partial charge in [-0.05, 0) is 49.8 Å². The molecule has 2 heterocycles. The van der Waals surface area contributed by atoms with E-state index in [4.69, 9.17) is 14.6 Å². The smallest absolute Gasteiger partial charge is 0.229 e. The summed E-state index contributed by atoms with van der Waals surface area (Å²) >= 11 is 0. The van der Waals surface area contributed by atoms with Gasteiger partial charge < -0.3 is 15.0 Å². The predicted molar refractivity (Wildman–Crippen MR) is 139 cm³/mol. The molecule has 1 atom stereocenters. The van der Waals surface area contributed by atoms with Crippen molar-refractivity contribution in [3.63, 3.8) is 0 Å². The van der Waals surface area contributed by atoms with Crippen LogP contribution in [-0.2, 0) is 4.84 Å². The van der Waals surface area contributed by atoms with E-state index in [1.165, 1.54) is 5.56 Å². The number of aromatic nitrogens is 2. The standard InChI is InChI=1S/C26H33N5O2.ClH/c1-4-30(5-2)16-18-32-23-13-11-22(12-14-23)28-26-27-19-20(3)25(29-26)31-24(15-17-33-31)21-9-7-6-8-10-21;/h6-14,19,24H,4-5,15-18H2,1-3H3,(H,27,28,29);1H. The summed E-state index contributed by atoms with van der Waals surface area (Å²) in [5.41, 5.74) is 3.10. The number of rotatable bonds is 10. The van der Waals surface area contributed by atoms with Crippen molar-refractivity contribution in [1.29, 1.82) is 0 Å². The molecule has 3 aromatic rings. The van der Waals surface area contributed by atoms with Crippen LogP contribution < -0.4 is 15.1 Å². The second-order valence-electron chi connectivity index (χ2n) is 8.10. The fraction of sp³-hybridized carbons (Fsp3) is 0.385. The van der Waals surface area contributed by atoms with Crippen molar-refractivity contribution in [3.8, 4) is 5.75 Å². The summed E-state index contributed by atoms with van der Waals surface area (Å²) in [6, 6.07) is 18.4. The number of nitrogens with one attached hydrogen (secondary N) is 1. The van der Waals surface area contributed by atoms with Gasteiger partial charge in [-0.1, -0.05) is 44.2 Å². The highest BCUT2D eigenvalue weighted by Crippen LogP contribution is 2.35. The normalized spacial score (nSPS) is 15.3. The average molecular weight is 484 g/mol. The summed E-state index contributed by atoms with van der Waals surface area (Å²) in [5, 5.41) is 5.22. The van der Waals surface area contributed by atoms with Crippen LogP contribution in [0.25, 0.3) is 0 Å². The second-order valence-corrected chi connectivity index (χ2v) is 8.10. The second kappa shape index (κ2) is 12.6. The van der Waals surface area contributed by atoms with Gasteiger partial charge in [-0.3, -0.25) is 4.84 Å². The van der Waals surface area contributed by atoms with Crippen LogP contribution in [0, 0.1) is 6.92 Å². The van der Waals surface area contributed by atoms with Crippen molar-refractivity contribution in [2.75, 3.05) is 43.2 Å². The van der Waals surface area contributed by atoms with Gasteiger partial charge in [0.05, 0.1) is 12.6 Å². The molecule has 1 aliphatic heterocycles. The number of hydrogen-bond acceptors (Lipinski definition) is 7. The Bertz CT molecular complexity index is 1020. The quantitative estimate of drug-likeness (QED) is 0.405. The van der Waals surface area contributed by atoms with Crippen LogP contribution in [0.2, 0.25) is 0 Å². The van der Waals surface area contributed by atoms with Gasteiger partial charge in [0.2, 0.25) is 5.95 Å². The van der Waals surface area contributed by atoms with Gasteiger partial charge in [0.15, 0.2) is 5.82 Å². The number of halogens is 1. The minimum absolute atomic E-state index is 0. The van der Waals surface area contributed by atoms with Crippen molar-refractivity contribution in [2.24, 2.45) is 0 Å². The number of benzene rings is 2. The lowest BCUT2D eigenvalue weighted by molar-refractivity contribution is 0.156. The fourth-order valence-electron chi connectivity index (χ4n) is 3.97. The first-order valence-electron chi connectivity index (χ1n) is 11.7. The number of hydroxylamine groups is 1. The Morgan fingerprint density at radius 3 is 2.53 bits per heavy atom. The Kier molecular flexibility index (Phi) is 9.51. The molecule has 0 amide bonds. The zero-order chi connectivity index (χ0) is 23.0. The zero-order valence-electron chi connectivity index (χ0n) is 20.1. The third-order valence-electron chi connectivity index (χ3n) is 5.92. The summed E-state index contributed by atoms with van der Waals surface area (Å²) in [7, 11) is 0. The molecule has 1 unspecified atom stereocenters. The van der Waals surface area contributed by atoms with Crippen molar-refractivity contribution in [1.82, 2.24) is 14.9 Å². The number of anilines is 3. The number of ether oxygens (including phenoxy) is 1. The summed E-state index contributed by atoms with van der Waals surface area (Å²) < 4.78 is 5.88. The molecular weight excluding hydrogens is 450 g/mol. The molecule has 2 aromatic carbocycles. The Morgan fingerprint density at radius 1 is 1.09 bits per heavy atom. The maximum absolute atomic E-state index is 5.97. The molecule has 34 heavy (non-hydrogen) atoms. The molecule has 1 aromatic heterocycles. The third kappa shape index (κ3) is 6.38. The molecular formula is C26H34ClN5O2. The summed E-state index contributed by atoms with van der Waals surface area (Å²) in [5.74, 6) is 2.18. The molecule has 182 valence electrons. The minimum Gasteiger partial charge on any atom is -0.492 e. The van der Waals surface area contributed by atoms with Crippen molar-refractivity contribution in [2.45, 2.75) is 33.2 Å². The molecule has 1 fully saturated rings. The SMILES string of the molecule is CCN(CC)CCOc1ccc(Nc2ncc(C)c(N3OCCC3c3ccccc3)n2)cc1.Cl. The molecule has 0 aliphatic carbocycles. The number of aryl methyl sites for hydroxylation is 1. The molecule has 0 spiro atoms. The van der Waals surface area contributed by atoms with E-state index in [-0.39, 0.29) is 18.4 Å². The van der Waals surface area contributed by atoms with Crippen LogP contribution in [-0.4, -0.2) is 47.7 Å². The van der Waals surface area contributed by atoms with E-state index in [1.807, 2.05) is 48.5 Å². The van der Waals surface area contributed by atoms with Gasteiger partial charge in [0.1, 0.15) is 12.4 Å². The van der Waals surface area contributed by atoms with Gasteiger partial charge >= 0.3 is 0 Å². The Balaban J connectivity index is 0.00000324. The number of nitrogens with zero attached hydrogens (tertiary/aromatic N) is 4. The van der Waals surface area contributed by atoms with Crippen molar-refractivity contribution >= 4 is 29.9 Å². The van der Waals surface area contributed by atoms with Gasteiger partial charge in [-0.15, -0.1) is 12.4 Å². The lowest BCUT2D eigenvalue weighted by Gasteiger charge is -2.25. The molecule has 8 heteroatoms. The lowest BCUT2D eigenvalue weighted by Crippen LogP contribution is -2.27. The first-order valence-corrected chi connectivity index (χ1v) is 11.7. The van der Waals surface area contributed by atoms with E-state index in [2.05, 4.69) is 53.3 Å². The Labute approximate surface area is 208 Å². The maximum atomic E-state index is 5.97. The lowest BCUT2D eigenvalue weighted by atomic mass is 10.0. The van der Waals surface area contributed by atoms with Crippen LogP contribution >= 0.6 is 12.4 Å². The molecule has 0 saturated carbocycles. The van der Waals surface area contributed by atoms with Crippen molar-refractivity contribution < 1.29 is 9.57 Å². The maximum Gasteiger partial charge on any atom is 0.229 e. The van der Waals surface area contributed by atoms with Gasteiger partial charge in [-0.25, -0.2) is 10.0 Å². The van der Waals surface area contributed by atoms with Crippen LogP contribution in [0.4, 0.5) is 17.5 Å². The van der Waals surface area contributed by atoms with E-state index in [0.717, 1.165) is 48.9 Å². The summed E-state index contributed by atoms with van der Waals surface area (Å²) in [4.78, 5) is 17.6. The molecule has 0 bridgehead atoms. The highest BCUT2D eigenvalue weighted by atomic mass is 35.5. The Morgan fingerprint density at radius 2 is 1.82 bits per heavy atom. The van der Waals surface area contributed by atoms with Gasteiger partial charge in [0, 0.05) is 30.4 Å². The summed E-state index contributed by atoms with van der Waals surface area (Å²) in [6.07, 6.45) is 2.76. The van der Waals surface area contributed by atoms with Crippen LogP contribution in [0.1, 0.15) is 37.4 Å². The molecule has 7 nitrogen and oxygen atoms in total. The third-order valence-corrected chi connectivity index (χ3v) is 5.92. The van der Waals surface area contributed by atoms with Crippen LogP contribution in [0.15, 0.2) is 60.8 Å². The van der Waals surface area contributed by atoms with E-state index in [0.29, 0.717) is 19.2 Å². The van der Waals surface area contributed by atoms with E-state index >= 15 is 0 Å². The topological polar surface area (TPSA) is 62.8 Å².